The first kappa shape index (κ1) is 13.8. The van der Waals surface area contributed by atoms with Crippen molar-refractivity contribution in [1.29, 1.82) is 0 Å². The smallest absolute Gasteiger partial charge is 0.0761 e. The molecule has 3 rings (SSSR count). The molecule has 1 atom stereocenters. The van der Waals surface area contributed by atoms with E-state index in [-0.39, 0.29) is 6.04 Å². The van der Waals surface area contributed by atoms with E-state index in [9.17, 15) is 0 Å². The maximum absolute atomic E-state index is 6.41. The summed E-state index contributed by atoms with van der Waals surface area (Å²) in [6.45, 7) is 0. The van der Waals surface area contributed by atoms with Gasteiger partial charge in [-0.2, -0.15) is 0 Å². The van der Waals surface area contributed by atoms with Gasteiger partial charge in [0.1, 0.15) is 0 Å². The summed E-state index contributed by atoms with van der Waals surface area (Å²) < 4.78 is 2.22. The molecular weight excluding hydrogens is 386 g/mol. The van der Waals surface area contributed by atoms with Crippen LogP contribution in [0.5, 0.6) is 0 Å². The molecule has 2 N–H and O–H groups in total. The predicted octanol–water partition coefficient (Wildman–Crippen LogP) is 5.59. The molecule has 0 saturated heterocycles. The fourth-order valence-corrected chi connectivity index (χ4v) is 5.42. The molecule has 0 bridgehead atoms. The molecule has 0 spiro atoms. The molecule has 1 nitrogen and oxygen atoms in total. The first-order valence-electron chi connectivity index (χ1n) is 6.45. The van der Waals surface area contributed by atoms with Crippen LogP contribution in [0.4, 0.5) is 0 Å². The van der Waals surface area contributed by atoms with Crippen molar-refractivity contribution >= 4 is 43.2 Å². The molecule has 1 saturated carbocycles. The van der Waals surface area contributed by atoms with Crippen molar-refractivity contribution in [1.82, 2.24) is 0 Å². The van der Waals surface area contributed by atoms with Gasteiger partial charge in [0.15, 0.2) is 0 Å². The van der Waals surface area contributed by atoms with Crippen LogP contribution < -0.4 is 5.73 Å². The molecule has 1 heterocycles. The van der Waals surface area contributed by atoms with Gasteiger partial charge in [-0.05, 0) is 73.4 Å². The molecule has 1 aromatic heterocycles. The average Bonchev–Trinajstić information content (AvgIpc) is 2.66. The molecule has 2 aromatic rings. The normalized spacial score (nSPS) is 17.2. The summed E-state index contributed by atoms with van der Waals surface area (Å²) in [6.07, 6.45) is 4.02. The Balaban J connectivity index is 1.90. The minimum Gasteiger partial charge on any atom is -0.320 e. The van der Waals surface area contributed by atoms with Gasteiger partial charge in [0, 0.05) is 0 Å². The maximum atomic E-state index is 6.41. The fraction of sp³-hybridized carbons (Fsp3) is 0.333. The summed E-state index contributed by atoms with van der Waals surface area (Å²) in [7, 11) is 0. The minimum atomic E-state index is -0.0584. The van der Waals surface area contributed by atoms with E-state index < -0.39 is 0 Å². The molecule has 0 amide bonds. The largest absolute Gasteiger partial charge is 0.320 e. The van der Waals surface area contributed by atoms with E-state index in [1.165, 1.54) is 30.4 Å². The number of thiophene rings is 1. The number of hydrogen-bond donors (Lipinski definition) is 1. The third kappa shape index (κ3) is 2.82. The van der Waals surface area contributed by atoms with Gasteiger partial charge in [-0.25, -0.2) is 0 Å². The Hall–Kier alpha value is -0.160. The molecule has 0 radical (unpaired) electrons. The molecule has 1 unspecified atom stereocenters. The van der Waals surface area contributed by atoms with Gasteiger partial charge in [0.25, 0.3) is 0 Å². The highest BCUT2D eigenvalue weighted by atomic mass is 79.9. The number of rotatable bonds is 3. The summed E-state index contributed by atoms with van der Waals surface area (Å²) in [5.41, 5.74) is 10.2. The highest BCUT2D eigenvalue weighted by Gasteiger charge is 2.21. The van der Waals surface area contributed by atoms with Crippen molar-refractivity contribution in [3.63, 3.8) is 0 Å². The Morgan fingerprint density at radius 2 is 2.00 bits per heavy atom. The van der Waals surface area contributed by atoms with Crippen molar-refractivity contribution < 1.29 is 0 Å². The van der Waals surface area contributed by atoms with Crippen LogP contribution in [-0.4, -0.2) is 0 Å². The first-order chi connectivity index (χ1) is 9.15. The van der Waals surface area contributed by atoms with E-state index in [2.05, 4.69) is 62.2 Å². The van der Waals surface area contributed by atoms with Gasteiger partial charge in [-0.1, -0.05) is 30.7 Å². The molecule has 0 aliphatic heterocycles. The van der Waals surface area contributed by atoms with E-state index in [0.717, 1.165) is 19.1 Å². The molecule has 4 heteroatoms. The lowest BCUT2D eigenvalue weighted by Gasteiger charge is -2.26. The van der Waals surface area contributed by atoms with E-state index in [4.69, 9.17) is 5.73 Å². The van der Waals surface area contributed by atoms with Crippen LogP contribution in [0.3, 0.4) is 0 Å². The predicted molar refractivity (Wildman–Crippen MR) is 88.8 cm³/mol. The number of benzene rings is 1. The van der Waals surface area contributed by atoms with E-state index in [1.807, 2.05) is 0 Å². The summed E-state index contributed by atoms with van der Waals surface area (Å²) in [6, 6.07) is 10.8. The summed E-state index contributed by atoms with van der Waals surface area (Å²) in [5.74, 6) is 0.754. The van der Waals surface area contributed by atoms with E-state index in [1.54, 1.807) is 11.3 Å². The zero-order valence-electron chi connectivity index (χ0n) is 10.4. The van der Waals surface area contributed by atoms with Crippen LogP contribution >= 0.6 is 43.2 Å². The third-order valence-corrected chi connectivity index (χ3v) is 6.25. The van der Waals surface area contributed by atoms with Crippen LogP contribution in [0.1, 0.15) is 47.9 Å². The quantitative estimate of drug-likeness (QED) is 0.713. The second-order valence-corrected chi connectivity index (χ2v) is 8.80. The molecule has 1 aliphatic rings. The number of halogens is 2. The lowest BCUT2D eigenvalue weighted by atomic mass is 9.79. The Morgan fingerprint density at radius 1 is 1.21 bits per heavy atom. The third-order valence-electron chi connectivity index (χ3n) is 3.86. The van der Waals surface area contributed by atoms with Gasteiger partial charge < -0.3 is 5.73 Å². The first-order valence-corrected chi connectivity index (χ1v) is 8.85. The molecule has 1 aromatic carbocycles. The summed E-state index contributed by atoms with van der Waals surface area (Å²) in [4.78, 5) is 0. The van der Waals surface area contributed by atoms with Crippen molar-refractivity contribution in [3.05, 3.63) is 54.6 Å². The number of nitrogens with two attached hydrogens (primary N) is 1. The van der Waals surface area contributed by atoms with E-state index >= 15 is 0 Å². The highest BCUT2D eigenvalue weighted by Crippen LogP contribution is 2.39. The topological polar surface area (TPSA) is 26.0 Å². The fourth-order valence-electron chi connectivity index (χ4n) is 2.49. The van der Waals surface area contributed by atoms with Crippen molar-refractivity contribution in [3.8, 4) is 0 Å². The summed E-state index contributed by atoms with van der Waals surface area (Å²) in [5, 5.41) is 0. The molecular formula is C15H15Br2NS. The standard InChI is InChI=1S/C15H15Br2NS/c16-13-8-12(15(17)19-13)14(18)11-6-2-5-10(7-11)9-3-1-4-9/h2,5-9,14H,1,3-4,18H2. The van der Waals surface area contributed by atoms with Crippen molar-refractivity contribution in [2.45, 2.75) is 31.2 Å². The SMILES string of the molecule is NC(c1cccc(C2CCC2)c1)c1cc(Br)sc1Br. The minimum absolute atomic E-state index is 0.0584. The second-order valence-electron chi connectivity index (χ2n) is 5.06. The van der Waals surface area contributed by atoms with Crippen LogP contribution in [0, 0.1) is 0 Å². The zero-order valence-corrected chi connectivity index (χ0v) is 14.4. The van der Waals surface area contributed by atoms with Gasteiger partial charge in [0.05, 0.1) is 13.6 Å². The maximum Gasteiger partial charge on any atom is 0.0761 e. The van der Waals surface area contributed by atoms with Crippen molar-refractivity contribution in [2.24, 2.45) is 5.73 Å². The van der Waals surface area contributed by atoms with Gasteiger partial charge in [-0.15, -0.1) is 11.3 Å². The average molecular weight is 401 g/mol. The Kier molecular flexibility index (Phi) is 4.13. The molecule has 1 fully saturated rings. The van der Waals surface area contributed by atoms with Gasteiger partial charge >= 0.3 is 0 Å². The van der Waals surface area contributed by atoms with Crippen LogP contribution in [0.2, 0.25) is 0 Å². The Morgan fingerprint density at radius 3 is 2.58 bits per heavy atom. The second kappa shape index (κ2) is 5.68. The lowest BCUT2D eigenvalue weighted by Crippen LogP contribution is -2.13. The van der Waals surface area contributed by atoms with Crippen molar-refractivity contribution in [2.75, 3.05) is 0 Å². The molecule has 19 heavy (non-hydrogen) atoms. The lowest BCUT2D eigenvalue weighted by molar-refractivity contribution is 0.419. The van der Waals surface area contributed by atoms with Crippen LogP contribution in [0.25, 0.3) is 0 Å². The van der Waals surface area contributed by atoms with Crippen LogP contribution in [0.15, 0.2) is 37.9 Å². The van der Waals surface area contributed by atoms with E-state index in [0.29, 0.717) is 0 Å². The molecule has 100 valence electrons. The summed E-state index contributed by atoms with van der Waals surface area (Å²) >= 11 is 8.78. The van der Waals surface area contributed by atoms with Gasteiger partial charge in [-0.3, -0.25) is 0 Å². The zero-order chi connectivity index (χ0) is 13.4. The highest BCUT2D eigenvalue weighted by molar-refractivity contribution is 9.12. The number of hydrogen-bond acceptors (Lipinski definition) is 2. The monoisotopic (exact) mass is 399 g/mol. The van der Waals surface area contributed by atoms with Gasteiger partial charge in [0.2, 0.25) is 0 Å². The Labute approximate surface area is 134 Å². The molecule has 1 aliphatic carbocycles. The van der Waals surface area contributed by atoms with Crippen LogP contribution in [-0.2, 0) is 0 Å². The Bertz CT molecular complexity index is 590.